The van der Waals surface area contributed by atoms with E-state index in [4.69, 9.17) is 23.7 Å². The number of hydrogen-bond acceptors (Lipinski definition) is 11. The lowest BCUT2D eigenvalue weighted by atomic mass is 9.85. The Balaban J connectivity index is 1.72. The van der Waals surface area contributed by atoms with Crippen LogP contribution in [0.25, 0.3) is 0 Å². The lowest BCUT2D eigenvalue weighted by Crippen LogP contribution is -2.54. The molecule has 2 rings (SSSR count). The van der Waals surface area contributed by atoms with Crippen molar-refractivity contribution in [3.63, 3.8) is 0 Å². The van der Waals surface area contributed by atoms with Crippen LogP contribution in [0, 0.1) is 5.41 Å². The number of carbonyl (C=O) groups excluding carboxylic acids is 5. The quantitative estimate of drug-likeness (QED) is 0.180. The van der Waals surface area contributed by atoms with Crippen molar-refractivity contribution in [3.8, 4) is 5.75 Å². The molecule has 0 bridgehead atoms. The number of esters is 1. The summed E-state index contributed by atoms with van der Waals surface area (Å²) >= 11 is 1.01. The van der Waals surface area contributed by atoms with E-state index in [0.29, 0.717) is 18.8 Å². The Hall–Kier alpha value is -3.36. The molecule has 3 atom stereocenters. The molecule has 1 aromatic rings. The van der Waals surface area contributed by atoms with Crippen molar-refractivity contribution in [2.24, 2.45) is 5.41 Å². The minimum atomic E-state index is -1.06. The number of amides is 3. The summed E-state index contributed by atoms with van der Waals surface area (Å²) in [7, 11) is 1.60. The van der Waals surface area contributed by atoms with Crippen LogP contribution in [0.1, 0.15) is 80.2 Å². The highest BCUT2D eigenvalue weighted by atomic mass is 32.2. The van der Waals surface area contributed by atoms with E-state index in [9.17, 15) is 24.0 Å². The standard InChI is InChI=1S/C34H53N3O10S/c1-32(2,3)46-30(41)24(37-31(42)47-33(4,5)6)14-15-26(39)48-19-18-35-25(38)16-17-36-29(40)28-34(7,8)21-44-27(45-28)20-22-10-12-23(43-9)13-11-22/h10-13,24,27-28H,14-21H2,1-9H3,(H,35,38)(H,36,40)(H,37,42)/t24-,27-,28-/m0/s1. The fraction of sp³-hybridized carbons (Fsp3) is 0.676. The number of alkyl carbamates (subject to hydrolysis) is 1. The molecule has 3 N–H and O–H groups in total. The molecule has 3 amide bonds. The predicted molar refractivity (Wildman–Crippen MR) is 181 cm³/mol. The van der Waals surface area contributed by atoms with Crippen LogP contribution in [0.2, 0.25) is 0 Å². The van der Waals surface area contributed by atoms with Gasteiger partial charge in [-0.15, -0.1) is 0 Å². The molecule has 0 aliphatic carbocycles. The Morgan fingerprint density at radius 1 is 0.938 bits per heavy atom. The maximum atomic E-state index is 13.0. The normalized spacial score (nSPS) is 18.2. The van der Waals surface area contributed by atoms with Gasteiger partial charge in [0, 0.05) is 43.5 Å². The van der Waals surface area contributed by atoms with Crippen molar-refractivity contribution in [2.75, 3.05) is 32.6 Å². The van der Waals surface area contributed by atoms with Gasteiger partial charge in [-0.2, -0.15) is 0 Å². The molecule has 13 nitrogen and oxygen atoms in total. The third-order valence-corrected chi connectivity index (χ3v) is 7.73. The van der Waals surface area contributed by atoms with E-state index >= 15 is 0 Å². The third-order valence-electron chi connectivity index (χ3n) is 6.80. The first kappa shape index (κ1) is 40.8. The number of benzene rings is 1. The minimum absolute atomic E-state index is 0.00404. The minimum Gasteiger partial charge on any atom is -0.497 e. The van der Waals surface area contributed by atoms with Crippen LogP contribution in [-0.2, 0) is 44.5 Å². The van der Waals surface area contributed by atoms with Crippen LogP contribution in [0.4, 0.5) is 4.79 Å². The van der Waals surface area contributed by atoms with Crippen LogP contribution in [0.15, 0.2) is 24.3 Å². The molecule has 1 fully saturated rings. The van der Waals surface area contributed by atoms with Gasteiger partial charge in [0.1, 0.15) is 29.1 Å². The van der Waals surface area contributed by atoms with E-state index in [2.05, 4.69) is 16.0 Å². The third kappa shape index (κ3) is 15.7. The van der Waals surface area contributed by atoms with Crippen molar-refractivity contribution in [2.45, 2.75) is 111 Å². The first-order chi connectivity index (χ1) is 22.3. The van der Waals surface area contributed by atoms with Crippen molar-refractivity contribution < 1.29 is 47.7 Å². The summed E-state index contributed by atoms with van der Waals surface area (Å²) < 4.78 is 27.7. The largest absolute Gasteiger partial charge is 0.497 e. The first-order valence-electron chi connectivity index (χ1n) is 16.1. The Morgan fingerprint density at radius 3 is 2.19 bits per heavy atom. The molecule has 0 spiro atoms. The Morgan fingerprint density at radius 2 is 1.58 bits per heavy atom. The molecule has 48 heavy (non-hydrogen) atoms. The van der Waals surface area contributed by atoms with Gasteiger partial charge in [0.15, 0.2) is 11.4 Å². The number of carbonyl (C=O) groups is 5. The van der Waals surface area contributed by atoms with Crippen LogP contribution in [0.5, 0.6) is 5.75 Å². The van der Waals surface area contributed by atoms with E-state index in [0.717, 1.165) is 23.1 Å². The number of hydrogen-bond donors (Lipinski definition) is 3. The zero-order valence-electron chi connectivity index (χ0n) is 29.7. The first-order valence-corrected chi connectivity index (χ1v) is 17.1. The zero-order chi connectivity index (χ0) is 36.1. The highest BCUT2D eigenvalue weighted by Crippen LogP contribution is 2.31. The predicted octanol–water partition coefficient (Wildman–Crippen LogP) is 3.90. The summed E-state index contributed by atoms with van der Waals surface area (Å²) in [6.45, 7) is 14.7. The van der Waals surface area contributed by atoms with Gasteiger partial charge in [-0.25, -0.2) is 9.59 Å². The summed E-state index contributed by atoms with van der Waals surface area (Å²) in [5.41, 5.74) is -1.12. The lowest BCUT2D eigenvalue weighted by molar-refractivity contribution is -0.253. The number of methoxy groups -OCH3 is 1. The van der Waals surface area contributed by atoms with Crippen molar-refractivity contribution in [1.29, 1.82) is 0 Å². The molecule has 1 saturated heterocycles. The van der Waals surface area contributed by atoms with E-state index in [1.807, 2.05) is 38.1 Å². The smallest absolute Gasteiger partial charge is 0.408 e. The van der Waals surface area contributed by atoms with Crippen LogP contribution in [-0.4, -0.2) is 91.2 Å². The SMILES string of the molecule is COc1ccc(C[C@H]2OCC(C)(C)[C@H](C(=O)NCCC(=O)NCCSC(=O)CC[C@H](NC(=O)OC(C)(C)C)C(=O)OC(C)(C)C)O2)cc1. The van der Waals surface area contributed by atoms with Crippen LogP contribution < -0.4 is 20.7 Å². The van der Waals surface area contributed by atoms with Gasteiger partial charge in [0.25, 0.3) is 0 Å². The fourth-order valence-electron chi connectivity index (χ4n) is 4.48. The topological polar surface area (TPSA) is 168 Å². The fourth-order valence-corrected chi connectivity index (χ4v) is 5.17. The van der Waals surface area contributed by atoms with E-state index < -0.39 is 47.1 Å². The molecule has 0 aromatic heterocycles. The van der Waals surface area contributed by atoms with E-state index in [1.165, 1.54) is 0 Å². The molecule has 1 heterocycles. The molecule has 1 aliphatic heterocycles. The number of rotatable bonds is 15. The lowest BCUT2D eigenvalue weighted by Gasteiger charge is -2.41. The van der Waals surface area contributed by atoms with Gasteiger partial charge in [-0.3, -0.25) is 14.4 Å². The zero-order valence-corrected chi connectivity index (χ0v) is 30.5. The number of nitrogens with one attached hydrogen (secondary N) is 3. The van der Waals surface area contributed by atoms with Gasteiger partial charge in [0.2, 0.25) is 11.8 Å². The summed E-state index contributed by atoms with van der Waals surface area (Å²) in [5, 5.41) is 7.82. The highest BCUT2D eigenvalue weighted by Gasteiger charge is 2.42. The van der Waals surface area contributed by atoms with Crippen molar-refractivity contribution in [3.05, 3.63) is 29.8 Å². The number of thioether (sulfide) groups is 1. The molecule has 0 unspecified atom stereocenters. The second-order valence-electron chi connectivity index (χ2n) is 14.2. The highest BCUT2D eigenvalue weighted by molar-refractivity contribution is 8.13. The summed E-state index contributed by atoms with van der Waals surface area (Å²) in [6, 6.07) is 6.48. The summed E-state index contributed by atoms with van der Waals surface area (Å²) in [6.07, 6.45) is -1.57. The Labute approximate surface area is 288 Å². The maximum absolute atomic E-state index is 13.0. The molecular formula is C34H53N3O10S. The van der Waals surface area contributed by atoms with Gasteiger partial charge < -0.3 is 39.6 Å². The summed E-state index contributed by atoms with van der Waals surface area (Å²) in [4.78, 5) is 62.8. The summed E-state index contributed by atoms with van der Waals surface area (Å²) in [5.74, 6) is -0.198. The average Bonchev–Trinajstić information content (AvgIpc) is 2.96. The second-order valence-corrected chi connectivity index (χ2v) is 15.3. The molecule has 1 aliphatic rings. The van der Waals surface area contributed by atoms with Crippen LogP contribution >= 0.6 is 11.8 Å². The van der Waals surface area contributed by atoms with Gasteiger partial charge in [0.05, 0.1) is 13.7 Å². The molecule has 270 valence electrons. The van der Waals surface area contributed by atoms with Crippen LogP contribution in [0.3, 0.4) is 0 Å². The van der Waals surface area contributed by atoms with Gasteiger partial charge in [-0.05, 0) is 65.7 Å². The Kier molecular flexibility index (Phi) is 15.7. The van der Waals surface area contributed by atoms with Crippen molar-refractivity contribution >= 4 is 40.8 Å². The maximum Gasteiger partial charge on any atom is 0.408 e. The Bertz CT molecular complexity index is 1240. The molecule has 1 aromatic carbocycles. The van der Waals surface area contributed by atoms with E-state index in [-0.39, 0.29) is 49.3 Å². The van der Waals surface area contributed by atoms with Gasteiger partial charge in [-0.1, -0.05) is 37.7 Å². The monoisotopic (exact) mass is 695 g/mol. The molecule has 14 heteroatoms. The number of ether oxygens (including phenoxy) is 5. The average molecular weight is 696 g/mol. The van der Waals surface area contributed by atoms with Gasteiger partial charge >= 0.3 is 12.1 Å². The molecule has 0 radical (unpaired) electrons. The van der Waals surface area contributed by atoms with Crippen molar-refractivity contribution in [1.82, 2.24) is 16.0 Å². The molecular weight excluding hydrogens is 642 g/mol. The second kappa shape index (κ2) is 18.4. The van der Waals surface area contributed by atoms with E-state index in [1.54, 1.807) is 48.7 Å². The molecule has 0 saturated carbocycles.